The second-order valence-corrected chi connectivity index (χ2v) is 7.23. The molecule has 2 nitrogen and oxygen atoms in total. The smallest absolute Gasteiger partial charge is 0.0835 e. The van der Waals surface area contributed by atoms with Crippen LogP contribution in [-0.2, 0) is 11.8 Å². The van der Waals surface area contributed by atoms with Gasteiger partial charge in [-0.15, -0.1) is 0 Å². The molecule has 1 fully saturated rings. The fourth-order valence-electron chi connectivity index (χ4n) is 4.32. The lowest BCUT2D eigenvalue weighted by Crippen LogP contribution is -2.52. The van der Waals surface area contributed by atoms with E-state index >= 15 is 0 Å². The highest BCUT2D eigenvalue weighted by Gasteiger charge is 2.48. The summed E-state index contributed by atoms with van der Waals surface area (Å²) in [4.78, 5) is 0. The molecule has 0 aromatic heterocycles. The van der Waals surface area contributed by atoms with Crippen molar-refractivity contribution in [2.24, 2.45) is 5.92 Å². The van der Waals surface area contributed by atoms with Crippen LogP contribution in [-0.4, -0.2) is 22.4 Å². The van der Waals surface area contributed by atoms with Crippen LogP contribution in [0.5, 0.6) is 0 Å². The first-order valence-electron chi connectivity index (χ1n) is 7.93. The summed E-state index contributed by atoms with van der Waals surface area (Å²) >= 11 is 0. The van der Waals surface area contributed by atoms with Gasteiger partial charge in [-0.3, -0.25) is 0 Å². The van der Waals surface area contributed by atoms with Crippen LogP contribution in [0.2, 0.25) is 0 Å². The summed E-state index contributed by atoms with van der Waals surface area (Å²) in [6, 6.07) is 6.88. The largest absolute Gasteiger partial charge is 0.390 e. The van der Waals surface area contributed by atoms with Gasteiger partial charge in [-0.25, -0.2) is 0 Å². The quantitative estimate of drug-likeness (QED) is 0.826. The van der Waals surface area contributed by atoms with Crippen molar-refractivity contribution in [3.05, 3.63) is 34.9 Å². The van der Waals surface area contributed by atoms with Crippen molar-refractivity contribution in [1.82, 2.24) is 0 Å². The van der Waals surface area contributed by atoms with Gasteiger partial charge in [0.15, 0.2) is 0 Å². The maximum atomic E-state index is 10.4. The molecular formula is C18H26O2. The number of aliphatic hydroxyl groups is 2. The number of aryl methyl sites for hydroxylation is 1. The first kappa shape index (κ1) is 14.1. The van der Waals surface area contributed by atoms with E-state index in [2.05, 4.69) is 39.0 Å². The molecule has 0 saturated heterocycles. The zero-order valence-electron chi connectivity index (χ0n) is 12.8. The molecule has 0 heterocycles. The Labute approximate surface area is 121 Å². The van der Waals surface area contributed by atoms with Crippen molar-refractivity contribution in [3.8, 4) is 0 Å². The first-order valence-corrected chi connectivity index (χ1v) is 7.93. The van der Waals surface area contributed by atoms with E-state index in [1.807, 2.05) is 0 Å². The molecule has 0 amide bonds. The third-order valence-electron chi connectivity index (χ3n) is 5.72. The molecule has 1 aromatic rings. The van der Waals surface area contributed by atoms with Crippen LogP contribution in [0.15, 0.2) is 18.2 Å². The normalized spacial score (nSPS) is 36.6. The van der Waals surface area contributed by atoms with Crippen molar-refractivity contribution in [2.75, 3.05) is 0 Å². The summed E-state index contributed by atoms with van der Waals surface area (Å²) in [5, 5.41) is 20.3. The van der Waals surface area contributed by atoms with E-state index in [1.54, 1.807) is 0 Å². The second-order valence-electron chi connectivity index (χ2n) is 7.23. The van der Waals surface area contributed by atoms with E-state index in [-0.39, 0.29) is 11.3 Å². The number of rotatable bonds is 1. The third kappa shape index (κ3) is 2.01. The van der Waals surface area contributed by atoms with Crippen molar-refractivity contribution in [1.29, 1.82) is 0 Å². The number of aliphatic hydroxyl groups excluding tert-OH is 2. The molecule has 0 unspecified atom stereocenters. The average molecular weight is 274 g/mol. The number of hydrogen-bond acceptors (Lipinski definition) is 2. The summed E-state index contributed by atoms with van der Waals surface area (Å²) < 4.78 is 0. The Morgan fingerprint density at radius 2 is 1.95 bits per heavy atom. The standard InChI is InChI=1S/C18H26O2/c1-11(2)12-4-6-14-13(10-12)5-7-15-17(20)16(19)8-9-18(14,15)3/h4,6,10-11,15-17,19-20H,5,7-9H2,1-3H3/t15-,16-,17-,18+/m0/s1. The lowest BCUT2D eigenvalue weighted by molar-refractivity contribution is -0.0799. The monoisotopic (exact) mass is 274 g/mol. The van der Waals surface area contributed by atoms with Gasteiger partial charge in [0.1, 0.15) is 0 Å². The molecule has 0 radical (unpaired) electrons. The minimum absolute atomic E-state index is 0.0295. The highest BCUT2D eigenvalue weighted by atomic mass is 16.3. The van der Waals surface area contributed by atoms with Crippen LogP contribution in [0, 0.1) is 5.92 Å². The Hall–Kier alpha value is -0.860. The molecule has 1 aromatic carbocycles. The first-order chi connectivity index (χ1) is 9.43. The zero-order chi connectivity index (χ0) is 14.5. The molecule has 2 aliphatic carbocycles. The van der Waals surface area contributed by atoms with Crippen molar-refractivity contribution >= 4 is 0 Å². The Balaban J connectivity index is 2.02. The van der Waals surface area contributed by atoms with Crippen LogP contribution < -0.4 is 0 Å². The van der Waals surface area contributed by atoms with Crippen LogP contribution in [0.25, 0.3) is 0 Å². The van der Waals surface area contributed by atoms with E-state index < -0.39 is 12.2 Å². The molecular weight excluding hydrogens is 248 g/mol. The molecule has 0 spiro atoms. The van der Waals surface area contributed by atoms with Gasteiger partial charge in [-0.1, -0.05) is 39.0 Å². The number of benzene rings is 1. The Bertz CT molecular complexity index is 508. The van der Waals surface area contributed by atoms with Gasteiger partial charge in [-0.2, -0.15) is 0 Å². The molecule has 4 atom stereocenters. The minimum atomic E-state index is -0.563. The van der Waals surface area contributed by atoms with Gasteiger partial charge < -0.3 is 10.2 Å². The van der Waals surface area contributed by atoms with E-state index in [1.165, 1.54) is 16.7 Å². The molecule has 110 valence electrons. The molecule has 1 saturated carbocycles. The molecule has 0 aliphatic heterocycles. The maximum absolute atomic E-state index is 10.4. The van der Waals surface area contributed by atoms with Gasteiger partial charge in [0.05, 0.1) is 12.2 Å². The second kappa shape index (κ2) is 4.85. The van der Waals surface area contributed by atoms with Gasteiger partial charge in [-0.05, 0) is 59.6 Å². The average Bonchev–Trinajstić information content (AvgIpc) is 2.43. The van der Waals surface area contributed by atoms with Gasteiger partial charge in [0, 0.05) is 0 Å². The predicted octanol–water partition coefficient (Wildman–Crippen LogP) is 3.15. The van der Waals surface area contributed by atoms with Crippen LogP contribution in [0.4, 0.5) is 0 Å². The van der Waals surface area contributed by atoms with Crippen LogP contribution in [0.3, 0.4) is 0 Å². The summed E-state index contributed by atoms with van der Waals surface area (Å²) in [6.45, 7) is 6.74. The fourth-order valence-corrected chi connectivity index (χ4v) is 4.32. The summed E-state index contributed by atoms with van der Waals surface area (Å²) in [5.74, 6) is 0.758. The SMILES string of the molecule is CC(C)c1ccc2c(c1)CC[C@H]1[C@H](O)[C@@H](O)CC[C@]21C. The Morgan fingerprint density at radius 1 is 1.20 bits per heavy atom. The zero-order valence-corrected chi connectivity index (χ0v) is 12.8. The van der Waals surface area contributed by atoms with E-state index in [0.717, 1.165) is 19.3 Å². The summed E-state index contributed by atoms with van der Waals surface area (Å²) in [5.41, 5.74) is 4.30. The lowest BCUT2D eigenvalue weighted by atomic mass is 9.56. The molecule has 0 bridgehead atoms. The van der Waals surface area contributed by atoms with E-state index in [9.17, 15) is 10.2 Å². The Morgan fingerprint density at radius 3 is 2.65 bits per heavy atom. The lowest BCUT2D eigenvalue weighted by Gasteiger charge is -2.50. The molecule has 3 rings (SSSR count). The number of hydrogen-bond donors (Lipinski definition) is 2. The van der Waals surface area contributed by atoms with Gasteiger partial charge in [0.25, 0.3) is 0 Å². The molecule has 20 heavy (non-hydrogen) atoms. The van der Waals surface area contributed by atoms with E-state index in [0.29, 0.717) is 12.3 Å². The Kier molecular flexibility index (Phi) is 3.42. The summed E-state index contributed by atoms with van der Waals surface area (Å²) in [7, 11) is 0. The van der Waals surface area contributed by atoms with Gasteiger partial charge >= 0.3 is 0 Å². The highest BCUT2D eigenvalue weighted by Crippen LogP contribution is 2.50. The summed E-state index contributed by atoms with van der Waals surface area (Å²) in [6.07, 6.45) is 2.60. The topological polar surface area (TPSA) is 40.5 Å². The van der Waals surface area contributed by atoms with Crippen molar-refractivity contribution in [3.63, 3.8) is 0 Å². The van der Waals surface area contributed by atoms with Gasteiger partial charge in [0.2, 0.25) is 0 Å². The fraction of sp³-hybridized carbons (Fsp3) is 0.667. The molecule has 2 N–H and O–H groups in total. The van der Waals surface area contributed by atoms with Crippen molar-refractivity contribution < 1.29 is 10.2 Å². The maximum Gasteiger partial charge on any atom is 0.0835 e. The van der Waals surface area contributed by atoms with Crippen LogP contribution in [0.1, 0.15) is 62.6 Å². The molecule has 2 aliphatic rings. The number of fused-ring (bicyclic) bond motifs is 3. The van der Waals surface area contributed by atoms with Crippen molar-refractivity contribution in [2.45, 2.75) is 70.0 Å². The molecule has 2 heteroatoms. The minimum Gasteiger partial charge on any atom is -0.390 e. The predicted molar refractivity (Wildman–Crippen MR) is 80.9 cm³/mol. The van der Waals surface area contributed by atoms with E-state index in [4.69, 9.17) is 0 Å². The van der Waals surface area contributed by atoms with Crippen LogP contribution >= 0.6 is 0 Å². The highest BCUT2D eigenvalue weighted by molar-refractivity contribution is 5.41. The third-order valence-corrected chi connectivity index (χ3v) is 5.72.